The normalized spacial score (nSPS) is 17.2. The molecule has 0 unspecified atom stereocenters. The van der Waals surface area contributed by atoms with E-state index in [1.54, 1.807) is 11.8 Å². The molecule has 76 valence electrons. The van der Waals surface area contributed by atoms with E-state index in [4.69, 9.17) is 0 Å². The van der Waals surface area contributed by atoms with Gasteiger partial charge in [0.25, 0.3) is 0 Å². The van der Waals surface area contributed by atoms with Gasteiger partial charge in [-0.3, -0.25) is 0 Å². The number of hydrogen-bond donors (Lipinski definition) is 1. The third-order valence-corrected chi connectivity index (χ3v) is 3.33. The lowest BCUT2D eigenvalue weighted by atomic mass is 10.2. The molecule has 0 aromatic carbocycles. The highest BCUT2D eigenvalue weighted by Gasteiger charge is 2.14. The summed E-state index contributed by atoms with van der Waals surface area (Å²) in [4.78, 5) is 4.34. The highest BCUT2D eigenvalue weighted by atomic mass is 32.2. The van der Waals surface area contributed by atoms with Crippen molar-refractivity contribution in [2.24, 2.45) is 0 Å². The molecule has 0 aliphatic heterocycles. The lowest BCUT2D eigenvalue weighted by Gasteiger charge is -2.12. The molecule has 2 nitrogen and oxygen atoms in total. The zero-order valence-corrected chi connectivity index (χ0v) is 9.31. The second-order valence-electron chi connectivity index (χ2n) is 3.71. The Hall–Kier alpha value is -0.700. The molecular weight excluding hydrogens is 192 g/mol. The Morgan fingerprint density at radius 2 is 2.14 bits per heavy atom. The van der Waals surface area contributed by atoms with E-state index in [1.165, 1.54) is 25.7 Å². The Morgan fingerprint density at radius 3 is 2.71 bits per heavy atom. The summed E-state index contributed by atoms with van der Waals surface area (Å²) in [6.45, 7) is 0. The van der Waals surface area contributed by atoms with Gasteiger partial charge in [-0.15, -0.1) is 11.8 Å². The molecule has 1 heterocycles. The van der Waals surface area contributed by atoms with Crippen LogP contribution in [0.4, 0.5) is 5.69 Å². The largest absolute Gasteiger partial charge is 0.381 e. The number of aromatic nitrogens is 1. The summed E-state index contributed by atoms with van der Waals surface area (Å²) in [5.74, 6) is 0. The first-order chi connectivity index (χ1) is 6.88. The van der Waals surface area contributed by atoms with Gasteiger partial charge in [0.2, 0.25) is 0 Å². The van der Waals surface area contributed by atoms with Crippen molar-refractivity contribution in [3.63, 3.8) is 0 Å². The number of anilines is 1. The Kier molecular flexibility index (Phi) is 3.30. The monoisotopic (exact) mass is 208 g/mol. The van der Waals surface area contributed by atoms with Crippen LogP contribution in [-0.2, 0) is 0 Å². The van der Waals surface area contributed by atoms with E-state index in [9.17, 15) is 0 Å². The smallest absolute Gasteiger partial charge is 0.0958 e. The lowest BCUT2D eigenvalue weighted by molar-refractivity contribution is 0.754. The minimum atomic E-state index is 0.678. The number of nitrogens with zero attached hydrogens (tertiary/aromatic N) is 1. The first-order valence-electron chi connectivity index (χ1n) is 5.15. The average Bonchev–Trinajstić information content (AvgIpc) is 2.72. The van der Waals surface area contributed by atoms with E-state index in [1.807, 2.05) is 12.5 Å². The summed E-state index contributed by atoms with van der Waals surface area (Å²) < 4.78 is 0. The molecule has 1 N–H and O–H groups in total. The van der Waals surface area contributed by atoms with Crippen molar-refractivity contribution in [1.82, 2.24) is 4.98 Å². The van der Waals surface area contributed by atoms with Crippen LogP contribution < -0.4 is 5.32 Å². The van der Waals surface area contributed by atoms with E-state index in [2.05, 4.69) is 22.4 Å². The van der Waals surface area contributed by atoms with Crippen molar-refractivity contribution in [3.05, 3.63) is 18.3 Å². The molecule has 2 rings (SSSR count). The van der Waals surface area contributed by atoms with E-state index in [-0.39, 0.29) is 0 Å². The Balaban J connectivity index is 1.95. The molecular formula is C11H16N2S. The fraction of sp³-hybridized carbons (Fsp3) is 0.545. The molecule has 3 heteroatoms. The van der Waals surface area contributed by atoms with E-state index >= 15 is 0 Å². The molecule has 0 amide bonds. The highest BCUT2D eigenvalue weighted by molar-refractivity contribution is 7.98. The molecule has 1 saturated carbocycles. The van der Waals surface area contributed by atoms with Crippen molar-refractivity contribution in [2.75, 3.05) is 11.6 Å². The van der Waals surface area contributed by atoms with Gasteiger partial charge in [0.1, 0.15) is 0 Å². The molecule has 0 spiro atoms. The van der Waals surface area contributed by atoms with Crippen molar-refractivity contribution < 1.29 is 0 Å². The molecule has 1 aliphatic carbocycles. The van der Waals surface area contributed by atoms with Crippen molar-refractivity contribution in [2.45, 2.75) is 36.8 Å². The molecule has 1 aromatic rings. The van der Waals surface area contributed by atoms with Crippen LogP contribution in [0, 0.1) is 0 Å². The van der Waals surface area contributed by atoms with Gasteiger partial charge >= 0.3 is 0 Å². The zero-order valence-electron chi connectivity index (χ0n) is 8.49. The van der Waals surface area contributed by atoms with Crippen molar-refractivity contribution in [3.8, 4) is 0 Å². The third-order valence-electron chi connectivity index (χ3n) is 2.67. The van der Waals surface area contributed by atoms with Gasteiger partial charge in [0, 0.05) is 6.04 Å². The summed E-state index contributed by atoms with van der Waals surface area (Å²) in [5, 5.41) is 4.61. The van der Waals surface area contributed by atoms with E-state index in [0.29, 0.717) is 6.04 Å². The fourth-order valence-electron chi connectivity index (χ4n) is 1.89. The first kappa shape index (κ1) is 9.84. The molecule has 0 radical (unpaired) electrons. The summed E-state index contributed by atoms with van der Waals surface area (Å²) in [6, 6.07) is 4.87. The van der Waals surface area contributed by atoms with Crippen molar-refractivity contribution in [1.29, 1.82) is 0 Å². The van der Waals surface area contributed by atoms with Gasteiger partial charge in [-0.25, -0.2) is 4.98 Å². The number of pyridine rings is 1. The quantitative estimate of drug-likeness (QED) is 0.772. The highest BCUT2D eigenvalue weighted by Crippen LogP contribution is 2.22. The second kappa shape index (κ2) is 4.69. The SMILES string of the molecule is CSc1ccc(NC2CCCC2)cn1. The summed E-state index contributed by atoms with van der Waals surface area (Å²) in [6.07, 6.45) is 9.34. The summed E-state index contributed by atoms with van der Waals surface area (Å²) in [5.41, 5.74) is 1.16. The van der Waals surface area contributed by atoms with E-state index in [0.717, 1.165) is 10.7 Å². The van der Waals surface area contributed by atoms with Gasteiger partial charge in [0.05, 0.1) is 16.9 Å². The van der Waals surface area contributed by atoms with Gasteiger partial charge in [0.15, 0.2) is 0 Å². The first-order valence-corrected chi connectivity index (χ1v) is 6.37. The van der Waals surface area contributed by atoms with Crippen LogP contribution in [0.1, 0.15) is 25.7 Å². The molecule has 1 fully saturated rings. The number of rotatable bonds is 3. The third kappa shape index (κ3) is 2.41. The van der Waals surface area contributed by atoms with Crippen LogP contribution in [0.15, 0.2) is 23.4 Å². The van der Waals surface area contributed by atoms with E-state index < -0.39 is 0 Å². The lowest BCUT2D eigenvalue weighted by Crippen LogP contribution is -2.14. The van der Waals surface area contributed by atoms with Gasteiger partial charge < -0.3 is 5.32 Å². The minimum absolute atomic E-state index is 0.678. The fourth-order valence-corrected chi connectivity index (χ4v) is 2.25. The zero-order chi connectivity index (χ0) is 9.80. The van der Waals surface area contributed by atoms with Crippen LogP contribution in [0.2, 0.25) is 0 Å². The van der Waals surface area contributed by atoms with Crippen LogP contribution >= 0.6 is 11.8 Å². The number of hydrogen-bond acceptors (Lipinski definition) is 3. The Labute approximate surface area is 89.5 Å². The maximum atomic E-state index is 4.34. The summed E-state index contributed by atoms with van der Waals surface area (Å²) in [7, 11) is 0. The molecule has 1 aromatic heterocycles. The summed E-state index contributed by atoms with van der Waals surface area (Å²) >= 11 is 1.68. The standard InChI is InChI=1S/C11H16N2S/c1-14-11-7-6-10(8-12-11)13-9-4-2-3-5-9/h6-9,13H,2-5H2,1H3. The predicted molar refractivity (Wildman–Crippen MR) is 61.9 cm³/mol. The Bertz CT molecular complexity index is 278. The topological polar surface area (TPSA) is 24.9 Å². The van der Waals surface area contributed by atoms with Crippen LogP contribution in [0.25, 0.3) is 0 Å². The van der Waals surface area contributed by atoms with Crippen LogP contribution in [0.5, 0.6) is 0 Å². The minimum Gasteiger partial charge on any atom is -0.381 e. The molecule has 14 heavy (non-hydrogen) atoms. The Morgan fingerprint density at radius 1 is 1.36 bits per heavy atom. The van der Waals surface area contributed by atoms with Gasteiger partial charge in [-0.1, -0.05) is 12.8 Å². The van der Waals surface area contributed by atoms with Gasteiger partial charge in [-0.2, -0.15) is 0 Å². The average molecular weight is 208 g/mol. The maximum absolute atomic E-state index is 4.34. The second-order valence-corrected chi connectivity index (χ2v) is 4.54. The molecule has 0 bridgehead atoms. The van der Waals surface area contributed by atoms with Crippen molar-refractivity contribution >= 4 is 17.4 Å². The number of thioether (sulfide) groups is 1. The van der Waals surface area contributed by atoms with Crippen LogP contribution in [-0.4, -0.2) is 17.3 Å². The van der Waals surface area contributed by atoms with Crippen LogP contribution in [0.3, 0.4) is 0 Å². The molecule has 0 saturated heterocycles. The molecule has 0 atom stereocenters. The number of nitrogens with one attached hydrogen (secondary N) is 1. The predicted octanol–water partition coefficient (Wildman–Crippen LogP) is 3.16. The molecule has 1 aliphatic rings. The van der Waals surface area contributed by atoms with Gasteiger partial charge in [-0.05, 0) is 31.2 Å². The maximum Gasteiger partial charge on any atom is 0.0958 e.